The molecule has 5 nitrogen and oxygen atoms in total. The molecule has 166 valence electrons. The summed E-state index contributed by atoms with van der Waals surface area (Å²) in [4.78, 5) is 18.6. The zero-order valence-corrected chi connectivity index (χ0v) is 19.6. The van der Waals surface area contributed by atoms with Gasteiger partial charge in [-0.25, -0.2) is 4.98 Å². The molecule has 0 aliphatic carbocycles. The van der Waals surface area contributed by atoms with Gasteiger partial charge in [0.1, 0.15) is 5.75 Å². The SMILES string of the molecule is COC(=O)CCCCCOc1ccc2nc(-c3ccc(C)s3)n(-c3ccc(C)cc3)c2c1. The molecule has 0 aliphatic heterocycles. The number of imidazole rings is 1. The average Bonchev–Trinajstić information content (AvgIpc) is 3.39. The predicted octanol–water partition coefficient (Wildman–Crippen LogP) is 6.48. The lowest BCUT2D eigenvalue weighted by Crippen LogP contribution is -2.01. The van der Waals surface area contributed by atoms with Crippen LogP contribution in [-0.2, 0) is 9.53 Å². The number of thiophene rings is 1. The molecule has 6 heteroatoms. The first-order valence-electron chi connectivity index (χ1n) is 10.9. The fourth-order valence-electron chi connectivity index (χ4n) is 3.66. The first-order chi connectivity index (χ1) is 15.5. The van der Waals surface area contributed by atoms with Gasteiger partial charge in [-0.05, 0) is 69.5 Å². The molecule has 2 aromatic heterocycles. The molecule has 0 amide bonds. The van der Waals surface area contributed by atoms with Crippen LogP contribution in [0.15, 0.2) is 54.6 Å². The zero-order valence-electron chi connectivity index (χ0n) is 18.8. The highest BCUT2D eigenvalue weighted by atomic mass is 32.1. The Kier molecular flexibility index (Phi) is 6.90. The number of hydrogen-bond acceptors (Lipinski definition) is 5. The second-order valence-corrected chi connectivity index (χ2v) is 9.19. The van der Waals surface area contributed by atoms with Gasteiger partial charge < -0.3 is 9.47 Å². The first-order valence-corrected chi connectivity index (χ1v) is 11.7. The Labute approximate surface area is 192 Å². The number of methoxy groups -OCH3 is 1. The fourth-order valence-corrected chi connectivity index (χ4v) is 4.51. The van der Waals surface area contributed by atoms with Crippen LogP contribution in [-0.4, -0.2) is 29.2 Å². The van der Waals surface area contributed by atoms with Gasteiger partial charge in [0.15, 0.2) is 5.82 Å². The average molecular weight is 449 g/mol. The molecule has 0 fully saturated rings. The summed E-state index contributed by atoms with van der Waals surface area (Å²) < 4.78 is 12.9. The third-order valence-corrected chi connectivity index (χ3v) is 6.40. The van der Waals surface area contributed by atoms with Crippen molar-refractivity contribution in [3.05, 3.63) is 65.0 Å². The molecule has 0 spiro atoms. The quantitative estimate of drug-likeness (QED) is 0.217. The number of rotatable bonds is 9. The van der Waals surface area contributed by atoms with Gasteiger partial charge in [0.05, 0.1) is 29.6 Å². The number of benzene rings is 2. The van der Waals surface area contributed by atoms with E-state index in [1.165, 1.54) is 17.6 Å². The molecule has 0 N–H and O–H groups in total. The summed E-state index contributed by atoms with van der Waals surface area (Å²) >= 11 is 1.75. The van der Waals surface area contributed by atoms with Gasteiger partial charge in [-0.2, -0.15) is 0 Å². The minimum Gasteiger partial charge on any atom is -0.494 e. The molecule has 2 heterocycles. The molecule has 0 atom stereocenters. The molecule has 0 radical (unpaired) electrons. The standard InChI is InChI=1S/C26H28N2O3S/c1-18-8-11-20(12-9-18)28-23-17-21(31-16-6-4-5-7-25(29)30-3)13-14-22(23)27-26(28)24-15-10-19(2)32-24/h8-15,17H,4-7,16H2,1-3H3. The van der Waals surface area contributed by atoms with Crippen molar-refractivity contribution in [2.24, 2.45) is 0 Å². The smallest absolute Gasteiger partial charge is 0.305 e. The van der Waals surface area contributed by atoms with Crippen LogP contribution in [0.2, 0.25) is 0 Å². The number of fused-ring (bicyclic) bond motifs is 1. The minimum absolute atomic E-state index is 0.155. The van der Waals surface area contributed by atoms with Crippen molar-refractivity contribution < 1.29 is 14.3 Å². The topological polar surface area (TPSA) is 53.4 Å². The van der Waals surface area contributed by atoms with Crippen molar-refractivity contribution in [3.8, 4) is 22.1 Å². The molecule has 0 unspecified atom stereocenters. The van der Waals surface area contributed by atoms with E-state index in [0.29, 0.717) is 13.0 Å². The van der Waals surface area contributed by atoms with Crippen LogP contribution in [0.5, 0.6) is 5.75 Å². The van der Waals surface area contributed by atoms with E-state index < -0.39 is 0 Å². The maximum Gasteiger partial charge on any atom is 0.305 e. The highest BCUT2D eigenvalue weighted by Crippen LogP contribution is 2.34. The van der Waals surface area contributed by atoms with Gasteiger partial charge in [0.25, 0.3) is 0 Å². The Morgan fingerprint density at radius 3 is 2.53 bits per heavy atom. The van der Waals surface area contributed by atoms with Crippen molar-refractivity contribution >= 4 is 28.3 Å². The largest absolute Gasteiger partial charge is 0.494 e. The highest BCUT2D eigenvalue weighted by Gasteiger charge is 2.16. The van der Waals surface area contributed by atoms with E-state index in [2.05, 4.69) is 65.6 Å². The van der Waals surface area contributed by atoms with Crippen molar-refractivity contribution in [2.75, 3.05) is 13.7 Å². The van der Waals surface area contributed by atoms with Gasteiger partial charge in [-0.3, -0.25) is 9.36 Å². The van der Waals surface area contributed by atoms with Crippen LogP contribution >= 0.6 is 11.3 Å². The van der Waals surface area contributed by atoms with E-state index in [1.54, 1.807) is 11.3 Å². The second-order valence-electron chi connectivity index (χ2n) is 7.90. The Morgan fingerprint density at radius 1 is 1.00 bits per heavy atom. The number of ether oxygens (including phenoxy) is 2. The van der Waals surface area contributed by atoms with Crippen molar-refractivity contribution in [1.82, 2.24) is 9.55 Å². The van der Waals surface area contributed by atoms with Gasteiger partial charge >= 0.3 is 5.97 Å². The molecule has 32 heavy (non-hydrogen) atoms. The lowest BCUT2D eigenvalue weighted by atomic mass is 10.2. The highest BCUT2D eigenvalue weighted by molar-refractivity contribution is 7.15. The van der Waals surface area contributed by atoms with Crippen molar-refractivity contribution in [1.29, 1.82) is 0 Å². The van der Waals surface area contributed by atoms with Crippen LogP contribution in [0, 0.1) is 13.8 Å². The zero-order chi connectivity index (χ0) is 22.5. The van der Waals surface area contributed by atoms with Gasteiger partial charge in [-0.1, -0.05) is 17.7 Å². The predicted molar refractivity (Wildman–Crippen MR) is 130 cm³/mol. The summed E-state index contributed by atoms with van der Waals surface area (Å²) in [5.74, 6) is 1.62. The number of hydrogen-bond donors (Lipinski definition) is 0. The third kappa shape index (κ3) is 5.02. The Balaban J connectivity index is 1.58. The molecule has 4 aromatic rings. The minimum atomic E-state index is -0.155. The van der Waals surface area contributed by atoms with Crippen LogP contribution in [0.4, 0.5) is 0 Å². The number of aromatic nitrogens is 2. The van der Waals surface area contributed by atoms with Crippen LogP contribution in [0.3, 0.4) is 0 Å². The Bertz CT molecular complexity index is 1210. The Morgan fingerprint density at radius 2 is 1.81 bits per heavy atom. The maximum absolute atomic E-state index is 11.2. The van der Waals surface area contributed by atoms with E-state index in [0.717, 1.165) is 52.4 Å². The van der Waals surface area contributed by atoms with E-state index >= 15 is 0 Å². The number of aryl methyl sites for hydroxylation is 2. The monoisotopic (exact) mass is 448 g/mol. The molecular weight excluding hydrogens is 420 g/mol. The van der Waals surface area contributed by atoms with Gasteiger partial charge in [-0.15, -0.1) is 11.3 Å². The number of esters is 1. The molecule has 0 bridgehead atoms. The molecule has 0 saturated heterocycles. The Hall–Kier alpha value is -3.12. The molecule has 0 saturated carbocycles. The number of nitrogens with zero attached hydrogens (tertiary/aromatic N) is 2. The number of carbonyl (C=O) groups is 1. The van der Waals surface area contributed by atoms with Gasteiger partial charge in [0.2, 0.25) is 0 Å². The molecular formula is C26H28N2O3S. The van der Waals surface area contributed by atoms with E-state index in [9.17, 15) is 4.79 Å². The van der Waals surface area contributed by atoms with E-state index in [-0.39, 0.29) is 5.97 Å². The first kappa shape index (κ1) is 22.1. The number of unbranched alkanes of at least 4 members (excludes halogenated alkanes) is 2. The normalized spacial score (nSPS) is 11.1. The number of carbonyl (C=O) groups excluding carboxylic acids is 1. The summed E-state index contributed by atoms with van der Waals surface area (Å²) in [7, 11) is 1.42. The molecule has 0 aliphatic rings. The lowest BCUT2D eigenvalue weighted by molar-refractivity contribution is -0.140. The second kappa shape index (κ2) is 10.0. The van der Waals surface area contributed by atoms with Crippen molar-refractivity contribution in [3.63, 3.8) is 0 Å². The van der Waals surface area contributed by atoms with E-state index in [4.69, 9.17) is 9.72 Å². The summed E-state index contributed by atoms with van der Waals surface area (Å²) in [5.41, 5.74) is 4.28. The summed E-state index contributed by atoms with van der Waals surface area (Å²) in [6.45, 7) is 4.82. The lowest BCUT2D eigenvalue weighted by Gasteiger charge is -2.10. The fraction of sp³-hybridized carbons (Fsp3) is 0.308. The summed E-state index contributed by atoms with van der Waals surface area (Å²) in [6, 6.07) is 18.9. The molecule has 2 aromatic carbocycles. The molecule has 4 rings (SSSR count). The van der Waals surface area contributed by atoms with Crippen LogP contribution < -0.4 is 4.74 Å². The summed E-state index contributed by atoms with van der Waals surface area (Å²) in [5, 5.41) is 0. The van der Waals surface area contributed by atoms with E-state index in [1.807, 2.05) is 12.1 Å². The van der Waals surface area contributed by atoms with Crippen LogP contribution in [0.1, 0.15) is 36.1 Å². The maximum atomic E-state index is 11.2. The third-order valence-electron chi connectivity index (χ3n) is 5.40. The van der Waals surface area contributed by atoms with Crippen LogP contribution in [0.25, 0.3) is 27.4 Å². The van der Waals surface area contributed by atoms with Crippen molar-refractivity contribution in [2.45, 2.75) is 39.5 Å². The van der Waals surface area contributed by atoms with Gasteiger partial charge in [0, 0.05) is 23.1 Å². The summed E-state index contributed by atoms with van der Waals surface area (Å²) in [6.07, 6.45) is 3.11.